The maximum atomic E-state index is 10.7. The summed E-state index contributed by atoms with van der Waals surface area (Å²) >= 11 is 0. The highest BCUT2D eigenvalue weighted by molar-refractivity contribution is 5.35. The van der Waals surface area contributed by atoms with E-state index in [4.69, 9.17) is 4.74 Å². The smallest absolute Gasteiger partial charge is 0.269 e. The lowest BCUT2D eigenvalue weighted by Gasteiger charge is -2.17. The molecule has 2 rings (SSSR count). The topological polar surface area (TPSA) is 64.4 Å². The van der Waals surface area contributed by atoms with Crippen LogP contribution in [-0.2, 0) is 4.74 Å². The summed E-state index contributed by atoms with van der Waals surface area (Å²) in [7, 11) is 0. The second-order valence-electron chi connectivity index (χ2n) is 4.62. The number of rotatable bonds is 5. The lowest BCUT2D eigenvalue weighted by molar-refractivity contribution is -0.384. The summed E-state index contributed by atoms with van der Waals surface area (Å²) in [5.41, 5.74) is 1.07. The molecule has 2 atom stereocenters. The fourth-order valence-corrected chi connectivity index (χ4v) is 2.14. The molecule has 5 heteroatoms. The van der Waals surface area contributed by atoms with Crippen molar-refractivity contribution in [1.29, 1.82) is 0 Å². The lowest BCUT2D eigenvalue weighted by atomic mass is 10.1. The first-order valence-corrected chi connectivity index (χ1v) is 6.26. The summed E-state index contributed by atoms with van der Waals surface area (Å²) in [5.74, 6) is 0. The highest BCUT2D eigenvalue weighted by Crippen LogP contribution is 2.19. The monoisotopic (exact) mass is 250 g/mol. The van der Waals surface area contributed by atoms with Gasteiger partial charge in [0.15, 0.2) is 0 Å². The molecule has 0 aromatic heterocycles. The Morgan fingerprint density at radius 2 is 2.44 bits per heavy atom. The quantitative estimate of drug-likeness (QED) is 0.644. The molecule has 0 saturated carbocycles. The molecule has 1 aromatic carbocycles. The summed E-state index contributed by atoms with van der Waals surface area (Å²) in [6, 6.07) is 6.84. The van der Waals surface area contributed by atoms with E-state index in [9.17, 15) is 10.1 Å². The molecule has 0 radical (unpaired) electrons. The van der Waals surface area contributed by atoms with Crippen LogP contribution in [0.1, 0.15) is 31.4 Å². The second-order valence-corrected chi connectivity index (χ2v) is 4.62. The molecule has 0 amide bonds. The summed E-state index contributed by atoms with van der Waals surface area (Å²) < 4.78 is 5.53. The molecule has 1 aromatic rings. The highest BCUT2D eigenvalue weighted by atomic mass is 16.6. The van der Waals surface area contributed by atoms with Crippen LogP contribution in [0.4, 0.5) is 5.69 Å². The Hall–Kier alpha value is -1.46. The first-order valence-electron chi connectivity index (χ1n) is 6.26. The minimum absolute atomic E-state index is 0.0918. The SMILES string of the molecule is CC(NCC1CCCO1)c1cccc([N+](=O)[O-])c1. The number of non-ortho nitro benzene ring substituents is 1. The molecule has 1 heterocycles. The van der Waals surface area contributed by atoms with Crippen LogP contribution in [0, 0.1) is 10.1 Å². The molecular formula is C13H18N2O3. The van der Waals surface area contributed by atoms with Crippen LogP contribution in [0.15, 0.2) is 24.3 Å². The molecule has 1 saturated heterocycles. The van der Waals surface area contributed by atoms with E-state index in [1.165, 1.54) is 6.07 Å². The number of nitrogens with zero attached hydrogens (tertiary/aromatic N) is 1. The van der Waals surface area contributed by atoms with Gasteiger partial charge in [-0.3, -0.25) is 10.1 Å². The Morgan fingerprint density at radius 3 is 3.11 bits per heavy atom. The van der Waals surface area contributed by atoms with Crippen LogP contribution in [0.2, 0.25) is 0 Å². The number of benzene rings is 1. The Kier molecular flexibility index (Phi) is 4.28. The number of hydrogen-bond acceptors (Lipinski definition) is 4. The van der Waals surface area contributed by atoms with Crippen molar-refractivity contribution in [3.05, 3.63) is 39.9 Å². The summed E-state index contributed by atoms with van der Waals surface area (Å²) in [6.45, 7) is 3.65. The molecular weight excluding hydrogens is 232 g/mol. The molecule has 0 bridgehead atoms. The fourth-order valence-electron chi connectivity index (χ4n) is 2.14. The van der Waals surface area contributed by atoms with Gasteiger partial charge in [-0.15, -0.1) is 0 Å². The Labute approximate surface area is 106 Å². The van der Waals surface area contributed by atoms with Gasteiger partial charge in [0.25, 0.3) is 5.69 Å². The van der Waals surface area contributed by atoms with Gasteiger partial charge in [-0.1, -0.05) is 12.1 Å². The molecule has 1 fully saturated rings. The molecule has 5 nitrogen and oxygen atoms in total. The molecule has 1 aliphatic heterocycles. The zero-order valence-electron chi connectivity index (χ0n) is 10.5. The average molecular weight is 250 g/mol. The minimum atomic E-state index is -0.365. The van der Waals surface area contributed by atoms with E-state index in [0.29, 0.717) is 0 Å². The van der Waals surface area contributed by atoms with E-state index in [2.05, 4.69) is 5.32 Å². The molecule has 1 aliphatic rings. The molecule has 1 N–H and O–H groups in total. The van der Waals surface area contributed by atoms with Crippen LogP contribution < -0.4 is 5.32 Å². The van der Waals surface area contributed by atoms with Gasteiger partial charge in [0.1, 0.15) is 0 Å². The number of nitro groups is 1. The van der Waals surface area contributed by atoms with E-state index in [0.717, 1.165) is 31.6 Å². The van der Waals surface area contributed by atoms with E-state index >= 15 is 0 Å². The fraction of sp³-hybridized carbons (Fsp3) is 0.538. The van der Waals surface area contributed by atoms with Crippen molar-refractivity contribution in [2.75, 3.05) is 13.2 Å². The first kappa shape index (κ1) is 13.0. The molecule has 18 heavy (non-hydrogen) atoms. The Morgan fingerprint density at radius 1 is 1.61 bits per heavy atom. The first-order chi connectivity index (χ1) is 8.66. The van der Waals surface area contributed by atoms with Crippen molar-refractivity contribution >= 4 is 5.69 Å². The van der Waals surface area contributed by atoms with Crippen LogP contribution in [0.5, 0.6) is 0 Å². The van der Waals surface area contributed by atoms with Crippen molar-refractivity contribution in [2.24, 2.45) is 0 Å². The third-order valence-electron chi connectivity index (χ3n) is 3.26. The summed E-state index contributed by atoms with van der Waals surface area (Å²) in [4.78, 5) is 10.3. The van der Waals surface area contributed by atoms with Gasteiger partial charge >= 0.3 is 0 Å². The van der Waals surface area contributed by atoms with Gasteiger partial charge in [-0.2, -0.15) is 0 Å². The predicted octanol–water partition coefficient (Wildman–Crippen LogP) is 2.42. The predicted molar refractivity (Wildman–Crippen MR) is 68.5 cm³/mol. The third kappa shape index (κ3) is 3.27. The summed E-state index contributed by atoms with van der Waals surface area (Å²) in [5, 5.41) is 14.1. The molecule has 98 valence electrons. The van der Waals surface area contributed by atoms with Crippen molar-refractivity contribution < 1.29 is 9.66 Å². The standard InChI is InChI=1S/C13H18N2O3/c1-10(14-9-13-6-3-7-18-13)11-4-2-5-12(8-11)15(16)17/h2,4-5,8,10,13-14H,3,6-7,9H2,1H3. The zero-order chi connectivity index (χ0) is 13.0. The van der Waals surface area contributed by atoms with Crippen LogP contribution in [0.25, 0.3) is 0 Å². The second kappa shape index (κ2) is 5.93. The lowest BCUT2D eigenvalue weighted by Crippen LogP contribution is -2.28. The maximum absolute atomic E-state index is 10.7. The molecule has 0 spiro atoms. The van der Waals surface area contributed by atoms with Crippen molar-refractivity contribution in [1.82, 2.24) is 5.32 Å². The van der Waals surface area contributed by atoms with E-state index in [-0.39, 0.29) is 22.8 Å². The van der Waals surface area contributed by atoms with Crippen LogP contribution >= 0.6 is 0 Å². The average Bonchev–Trinajstić information content (AvgIpc) is 2.89. The van der Waals surface area contributed by atoms with Crippen LogP contribution in [0.3, 0.4) is 0 Å². The normalized spacial score (nSPS) is 20.8. The number of nitro benzene ring substituents is 1. The van der Waals surface area contributed by atoms with Gasteiger partial charge in [-0.05, 0) is 25.3 Å². The largest absolute Gasteiger partial charge is 0.377 e. The van der Waals surface area contributed by atoms with E-state index in [1.54, 1.807) is 12.1 Å². The van der Waals surface area contributed by atoms with Crippen molar-refractivity contribution in [2.45, 2.75) is 31.9 Å². The third-order valence-corrected chi connectivity index (χ3v) is 3.26. The minimum Gasteiger partial charge on any atom is -0.377 e. The van der Waals surface area contributed by atoms with Gasteiger partial charge in [0.2, 0.25) is 0 Å². The van der Waals surface area contributed by atoms with Gasteiger partial charge in [-0.25, -0.2) is 0 Å². The van der Waals surface area contributed by atoms with Gasteiger partial charge in [0, 0.05) is 31.3 Å². The van der Waals surface area contributed by atoms with Gasteiger partial charge < -0.3 is 10.1 Å². The Bertz CT molecular complexity index is 416. The van der Waals surface area contributed by atoms with E-state index < -0.39 is 0 Å². The number of hydrogen-bond donors (Lipinski definition) is 1. The van der Waals surface area contributed by atoms with Gasteiger partial charge in [0.05, 0.1) is 11.0 Å². The number of nitrogens with one attached hydrogen (secondary N) is 1. The highest BCUT2D eigenvalue weighted by Gasteiger charge is 2.17. The van der Waals surface area contributed by atoms with Crippen LogP contribution in [-0.4, -0.2) is 24.2 Å². The number of ether oxygens (including phenoxy) is 1. The molecule has 0 aliphatic carbocycles. The summed E-state index contributed by atoms with van der Waals surface area (Å²) in [6.07, 6.45) is 2.50. The van der Waals surface area contributed by atoms with E-state index in [1.807, 2.05) is 13.0 Å². The Balaban J connectivity index is 1.93. The van der Waals surface area contributed by atoms with Crippen molar-refractivity contribution in [3.63, 3.8) is 0 Å². The molecule has 2 unspecified atom stereocenters. The van der Waals surface area contributed by atoms with Crippen molar-refractivity contribution in [3.8, 4) is 0 Å². The zero-order valence-corrected chi connectivity index (χ0v) is 10.5. The maximum Gasteiger partial charge on any atom is 0.269 e.